The smallest absolute Gasteiger partial charge is 0.414 e. The molecular weight excluding hydrogens is 561 g/mol. The van der Waals surface area contributed by atoms with E-state index in [9.17, 15) is 9.59 Å². The summed E-state index contributed by atoms with van der Waals surface area (Å²) in [4.78, 5) is 33.3. The standard InChI is InChI=1S/C30H38FN5O5S/c1-2-28(42)32-18-25-20-36(30(38)41-25)23-5-8-27(26(31)17-23)34-9-11-35(12-10-34)29(37)21-40-24-6-3-22(4-7-24)19-33-13-15-39-16-14-33/h3-8,17,25H,2,9-16,18-21H2,1H3,(H,32,42)/t25-/m0/s1. The van der Waals surface area contributed by atoms with E-state index in [0.717, 1.165) is 32.8 Å². The third-order valence-corrected chi connectivity index (χ3v) is 8.17. The summed E-state index contributed by atoms with van der Waals surface area (Å²) >= 11 is 5.16. The Morgan fingerprint density at radius 2 is 1.81 bits per heavy atom. The van der Waals surface area contributed by atoms with E-state index in [-0.39, 0.29) is 18.6 Å². The number of rotatable bonds is 10. The van der Waals surface area contributed by atoms with Gasteiger partial charge in [0.05, 0.1) is 42.7 Å². The number of cyclic esters (lactones) is 1. The van der Waals surface area contributed by atoms with Gasteiger partial charge >= 0.3 is 6.09 Å². The molecule has 3 heterocycles. The number of benzene rings is 2. The molecule has 0 bridgehead atoms. The Balaban J connectivity index is 1.07. The Labute approximate surface area is 251 Å². The lowest BCUT2D eigenvalue weighted by Gasteiger charge is -2.36. The maximum Gasteiger partial charge on any atom is 0.414 e. The zero-order chi connectivity index (χ0) is 29.5. The number of amides is 2. The summed E-state index contributed by atoms with van der Waals surface area (Å²) in [6.45, 7) is 8.84. The minimum atomic E-state index is -0.505. The van der Waals surface area contributed by atoms with Gasteiger partial charge in [0, 0.05) is 45.8 Å². The molecule has 1 N–H and O–H groups in total. The first kappa shape index (κ1) is 30.0. The third kappa shape index (κ3) is 7.67. The largest absolute Gasteiger partial charge is 0.484 e. The molecule has 0 saturated carbocycles. The molecule has 226 valence electrons. The summed E-state index contributed by atoms with van der Waals surface area (Å²) < 4.78 is 31.7. The maximum absolute atomic E-state index is 15.2. The predicted octanol–water partition coefficient (Wildman–Crippen LogP) is 3.04. The van der Waals surface area contributed by atoms with Crippen LogP contribution in [0.15, 0.2) is 42.5 Å². The van der Waals surface area contributed by atoms with E-state index in [2.05, 4.69) is 10.2 Å². The molecule has 1 atom stereocenters. The average Bonchev–Trinajstić information content (AvgIpc) is 3.40. The van der Waals surface area contributed by atoms with Crippen molar-refractivity contribution in [3.8, 4) is 5.75 Å². The Kier molecular flexibility index (Phi) is 10.1. The highest BCUT2D eigenvalue weighted by atomic mass is 32.1. The number of morpholine rings is 1. The van der Waals surface area contributed by atoms with Crippen LogP contribution >= 0.6 is 12.2 Å². The third-order valence-electron chi connectivity index (χ3n) is 7.73. The lowest BCUT2D eigenvalue weighted by Crippen LogP contribution is -2.50. The topological polar surface area (TPSA) is 86.8 Å². The minimum Gasteiger partial charge on any atom is -0.484 e. The molecular formula is C30H38FN5O5S. The van der Waals surface area contributed by atoms with Gasteiger partial charge in [0.25, 0.3) is 5.91 Å². The quantitative estimate of drug-likeness (QED) is 0.414. The van der Waals surface area contributed by atoms with Crippen LogP contribution in [0.1, 0.15) is 18.9 Å². The molecule has 3 fully saturated rings. The number of piperazine rings is 1. The molecule has 2 aromatic rings. The fourth-order valence-electron chi connectivity index (χ4n) is 5.25. The van der Waals surface area contributed by atoms with Crippen LogP contribution in [0.5, 0.6) is 5.75 Å². The van der Waals surface area contributed by atoms with Crippen molar-refractivity contribution in [1.29, 1.82) is 0 Å². The summed E-state index contributed by atoms with van der Waals surface area (Å²) in [6.07, 6.45) is -0.151. The van der Waals surface area contributed by atoms with Crippen LogP contribution in [-0.2, 0) is 20.8 Å². The van der Waals surface area contributed by atoms with Gasteiger partial charge in [-0.1, -0.05) is 31.3 Å². The molecule has 12 heteroatoms. The van der Waals surface area contributed by atoms with Gasteiger partial charge in [-0.05, 0) is 42.3 Å². The molecule has 0 aromatic heterocycles. The molecule has 2 amide bonds. The average molecular weight is 600 g/mol. The van der Waals surface area contributed by atoms with Gasteiger partial charge in [-0.3, -0.25) is 14.6 Å². The first-order chi connectivity index (χ1) is 20.4. The Bertz CT molecular complexity index is 1250. The van der Waals surface area contributed by atoms with E-state index in [1.165, 1.54) is 16.5 Å². The molecule has 0 radical (unpaired) electrons. The number of halogens is 1. The molecule has 0 aliphatic carbocycles. The number of ether oxygens (including phenoxy) is 3. The second-order valence-electron chi connectivity index (χ2n) is 10.6. The SMILES string of the molecule is CCC(=S)NC[C@H]1CN(c2ccc(N3CCN(C(=O)COc4ccc(CN5CCOCC5)cc4)CC3)c(F)c2)C(=O)O1. The van der Waals surface area contributed by atoms with E-state index in [1.54, 1.807) is 17.0 Å². The number of anilines is 2. The number of hydrogen-bond acceptors (Lipinski definition) is 8. The number of carbonyl (C=O) groups excluding carboxylic acids is 2. The first-order valence-corrected chi connectivity index (χ1v) is 14.9. The van der Waals surface area contributed by atoms with Gasteiger partial charge in [0.2, 0.25) is 0 Å². The van der Waals surface area contributed by atoms with Crippen LogP contribution in [0.3, 0.4) is 0 Å². The summed E-state index contributed by atoms with van der Waals surface area (Å²) in [5, 5.41) is 3.08. The van der Waals surface area contributed by atoms with Gasteiger partial charge in [-0.2, -0.15) is 0 Å². The second-order valence-corrected chi connectivity index (χ2v) is 11.1. The highest BCUT2D eigenvalue weighted by Gasteiger charge is 2.33. The van der Waals surface area contributed by atoms with Crippen molar-refractivity contribution in [2.24, 2.45) is 0 Å². The van der Waals surface area contributed by atoms with Gasteiger partial charge in [0.1, 0.15) is 17.7 Å². The first-order valence-electron chi connectivity index (χ1n) is 14.5. The van der Waals surface area contributed by atoms with E-state index in [1.807, 2.05) is 36.1 Å². The fourth-order valence-corrected chi connectivity index (χ4v) is 5.34. The van der Waals surface area contributed by atoms with Crippen LogP contribution in [0.25, 0.3) is 0 Å². The lowest BCUT2D eigenvalue weighted by molar-refractivity contribution is -0.133. The van der Waals surface area contributed by atoms with Crippen LogP contribution in [-0.4, -0.2) is 105 Å². The molecule has 3 aliphatic rings. The zero-order valence-electron chi connectivity index (χ0n) is 23.9. The molecule has 3 saturated heterocycles. The van der Waals surface area contributed by atoms with E-state index in [0.29, 0.717) is 67.8 Å². The van der Waals surface area contributed by atoms with Gasteiger partial charge in [0.15, 0.2) is 6.61 Å². The van der Waals surface area contributed by atoms with Crippen molar-refractivity contribution in [3.63, 3.8) is 0 Å². The fraction of sp³-hybridized carbons (Fsp3) is 0.500. The summed E-state index contributed by atoms with van der Waals surface area (Å²) in [6, 6.07) is 12.6. The van der Waals surface area contributed by atoms with E-state index in [4.69, 9.17) is 26.4 Å². The normalized spacial score (nSPS) is 19.5. The summed E-state index contributed by atoms with van der Waals surface area (Å²) in [7, 11) is 0. The number of hydrogen-bond donors (Lipinski definition) is 1. The molecule has 2 aromatic carbocycles. The van der Waals surface area contributed by atoms with Gasteiger partial charge < -0.3 is 29.3 Å². The maximum atomic E-state index is 15.2. The van der Waals surface area contributed by atoms with E-state index >= 15 is 4.39 Å². The number of nitrogens with one attached hydrogen (secondary N) is 1. The second kappa shape index (κ2) is 14.1. The molecule has 3 aliphatic heterocycles. The van der Waals surface area contributed by atoms with Crippen LogP contribution in [0.2, 0.25) is 0 Å². The Morgan fingerprint density at radius 1 is 1.07 bits per heavy atom. The van der Waals surface area contributed by atoms with Crippen molar-refractivity contribution in [1.82, 2.24) is 15.1 Å². The van der Waals surface area contributed by atoms with Gasteiger partial charge in [-0.15, -0.1) is 0 Å². The Morgan fingerprint density at radius 3 is 2.50 bits per heavy atom. The van der Waals surface area contributed by atoms with E-state index < -0.39 is 11.9 Å². The summed E-state index contributed by atoms with van der Waals surface area (Å²) in [5.41, 5.74) is 2.08. The van der Waals surface area contributed by atoms with Crippen molar-refractivity contribution >= 4 is 40.6 Å². The van der Waals surface area contributed by atoms with Crippen LogP contribution in [0.4, 0.5) is 20.6 Å². The number of nitrogens with zero attached hydrogens (tertiary/aromatic N) is 4. The Hall–Kier alpha value is -3.48. The molecule has 42 heavy (non-hydrogen) atoms. The highest BCUT2D eigenvalue weighted by Crippen LogP contribution is 2.28. The minimum absolute atomic E-state index is 0.0431. The van der Waals surface area contributed by atoms with Crippen molar-refractivity contribution in [2.45, 2.75) is 26.0 Å². The van der Waals surface area contributed by atoms with Crippen LogP contribution in [0, 0.1) is 5.82 Å². The molecule has 0 spiro atoms. The molecule has 10 nitrogen and oxygen atoms in total. The van der Waals surface area contributed by atoms with Crippen molar-refractivity contribution in [2.75, 3.05) is 82.0 Å². The van der Waals surface area contributed by atoms with Gasteiger partial charge in [-0.25, -0.2) is 9.18 Å². The van der Waals surface area contributed by atoms with Crippen molar-refractivity contribution in [3.05, 3.63) is 53.8 Å². The highest BCUT2D eigenvalue weighted by molar-refractivity contribution is 7.80. The monoisotopic (exact) mass is 599 g/mol. The lowest BCUT2D eigenvalue weighted by atomic mass is 10.2. The van der Waals surface area contributed by atoms with Crippen molar-refractivity contribution < 1.29 is 28.2 Å². The number of carbonyl (C=O) groups is 2. The molecule has 0 unspecified atom stereocenters. The zero-order valence-corrected chi connectivity index (χ0v) is 24.7. The predicted molar refractivity (Wildman–Crippen MR) is 162 cm³/mol. The number of thiocarbonyl (C=S) groups is 1. The summed E-state index contributed by atoms with van der Waals surface area (Å²) in [5.74, 6) is 0.136. The van der Waals surface area contributed by atoms with Crippen LogP contribution < -0.4 is 19.9 Å². The molecule has 5 rings (SSSR count).